The van der Waals surface area contributed by atoms with Gasteiger partial charge in [-0.2, -0.15) is 0 Å². The van der Waals surface area contributed by atoms with Gasteiger partial charge in [0.2, 0.25) is 17.8 Å². The highest BCUT2D eigenvalue weighted by atomic mass is 32.1. The SMILES string of the molecule is O=C(Nc1nnc(-c2ccc3c(c2)OCO3)s1)C1CCCN1C(=O)Nc1ccccc1. The van der Waals surface area contributed by atoms with Crippen molar-refractivity contribution in [1.29, 1.82) is 0 Å². The van der Waals surface area contributed by atoms with Crippen molar-refractivity contribution in [3.8, 4) is 22.1 Å². The first-order chi connectivity index (χ1) is 15.2. The summed E-state index contributed by atoms with van der Waals surface area (Å²) in [5.74, 6) is 1.08. The zero-order valence-electron chi connectivity index (χ0n) is 16.4. The highest BCUT2D eigenvalue weighted by molar-refractivity contribution is 7.18. The summed E-state index contributed by atoms with van der Waals surface area (Å²) in [6.07, 6.45) is 1.36. The van der Waals surface area contributed by atoms with E-state index >= 15 is 0 Å². The number of hydrogen-bond donors (Lipinski definition) is 2. The molecule has 1 saturated heterocycles. The molecular weight excluding hydrogens is 418 g/mol. The number of aromatic nitrogens is 2. The molecule has 158 valence electrons. The average Bonchev–Trinajstić information content (AvgIpc) is 3.54. The van der Waals surface area contributed by atoms with Crippen molar-refractivity contribution in [2.24, 2.45) is 0 Å². The van der Waals surface area contributed by atoms with Crippen LogP contribution in [0.5, 0.6) is 11.5 Å². The smallest absolute Gasteiger partial charge is 0.322 e. The third-order valence-corrected chi connectivity index (χ3v) is 6.00. The third kappa shape index (κ3) is 4.02. The van der Waals surface area contributed by atoms with Gasteiger partial charge >= 0.3 is 6.03 Å². The van der Waals surface area contributed by atoms with Gasteiger partial charge in [-0.1, -0.05) is 29.5 Å². The molecule has 0 saturated carbocycles. The monoisotopic (exact) mass is 437 g/mol. The lowest BCUT2D eigenvalue weighted by Crippen LogP contribution is -2.45. The van der Waals surface area contributed by atoms with E-state index < -0.39 is 6.04 Å². The molecule has 2 N–H and O–H groups in total. The van der Waals surface area contributed by atoms with Crippen LogP contribution in [0.15, 0.2) is 48.5 Å². The van der Waals surface area contributed by atoms with E-state index in [1.54, 1.807) is 4.90 Å². The molecule has 0 radical (unpaired) electrons. The predicted octanol–water partition coefficient (Wildman–Crippen LogP) is 3.57. The topological polar surface area (TPSA) is 106 Å². The van der Waals surface area contributed by atoms with Gasteiger partial charge < -0.3 is 19.7 Å². The summed E-state index contributed by atoms with van der Waals surface area (Å²) in [5.41, 5.74) is 1.52. The van der Waals surface area contributed by atoms with Gasteiger partial charge in [-0.15, -0.1) is 10.2 Å². The summed E-state index contributed by atoms with van der Waals surface area (Å²) in [6.45, 7) is 0.723. The second-order valence-electron chi connectivity index (χ2n) is 7.12. The Hall–Kier alpha value is -3.66. The van der Waals surface area contributed by atoms with Gasteiger partial charge in [-0.05, 0) is 43.2 Å². The second-order valence-corrected chi connectivity index (χ2v) is 8.09. The lowest BCUT2D eigenvalue weighted by molar-refractivity contribution is -0.119. The van der Waals surface area contributed by atoms with Gasteiger partial charge in [0.1, 0.15) is 11.0 Å². The molecule has 1 unspecified atom stereocenters. The van der Waals surface area contributed by atoms with Crippen LogP contribution in [0, 0.1) is 0 Å². The van der Waals surface area contributed by atoms with Crippen LogP contribution < -0.4 is 20.1 Å². The van der Waals surface area contributed by atoms with Crippen molar-refractivity contribution in [3.05, 3.63) is 48.5 Å². The number of nitrogens with one attached hydrogen (secondary N) is 2. The Morgan fingerprint density at radius 2 is 1.87 bits per heavy atom. The molecule has 3 heterocycles. The number of carbonyl (C=O) groups excluding carboxylic acids is 2. The van der Waals surface area contributed by atoms with Crippen LogP contribution in [0.2, 0.25) is 0 Å². The van der Waals surface area contributed by atoms with Gasteiger partial charge in [0.05, 0.1) is 0 Å². The Balaban J connectivity index is 1.25. The molecule has 9 nitrogen and oxygen atoms in total. The first-order valence-corrected chi connectivity index (χ1v) is 10.7. The minimum Gasteiger partial charge on any atom is -0.454 e. The number of carbonyl (C=O) groups is 2. The summed E-state index contributed by atoms with van der Waals surface area (Å²) in [7, 11) is 0. The van der Waals surface area contributed by atoms with E-state index in [9.17, 15) is 9.59 Å². The minimum absolute atomic E-state index is 0.200. The average molecular weight is 437 g/mol. The molecule has 1 aromatic heterocycles. The molecule has 0 bridgehead atoms. The molecule has 3 aromatic rings. The van der Waals surface area contributed by atoms with Crippen LogP contribution in [-0.4, -0.2) is 46.4 Å². The van der Waals surface area contributed by atoms with Crippen LogP contribution in [0.25, 0.3) is 10.6 Å². The van der Waals surface area contributed by atoms with Crippen molar-refractivity contribution in [3.63, 3.8) is 0 Å². The van der Waals surface area contributed by atoms with E-state index in [1.807, 2.05) is 48.5 Å². The Morgan fingerprint density at radius 3 is 2.74 bits per heavy atom. The van der Waals surface area contributed by atoms with E-state index in [-0.39, 0.29) is 18.7 Å². The quantitative estimate of drug-likeness (QED) is 0.646. The molecule has 1 fully saturated rings. The van der Waals surface area contributed by atoms with Crippen molar-refractivity contribution in [2.75, 3.05) is 24.0 Å². The van der Waals surface area contributed by atoms with Gasteiger partial charge in [-0.25, -0.2) is 4.79 Å². The van der Waals surface area contributed by atoms with Crippen LogP contribution in [0.4, 0.5) is 15.6 Å². The van der Waals surface area contributed by atoms with Crippen LogP contribution in [0.1, 0.15) is 12.8 Å². The number of amides is 3. The molecule has 31 heavy (non-hydrogen) atoms. The zero-order chi connectivity index (χ0) is 21.2. The van der Waals surface area contributed by atoms with Gasteiger partial charge in [-0.3, -0.25) is 10.1 Å². The highest BCUT2D eigenvalue weighted by Gasteiger charge is 2.34. The number of anilines is 2. The Kier molecular flexibility index (Phi) is 5.13. The van der Waals surface area contributed by atoms with Crippen LogP contribution >= 0.6 is 11.3 Å². The molecule has 0 spiro atoms. The first kappa shape index (κ1) is 19.3. The number of para-hydroxylation sites is 1. The van der Waals surface area contributed by atoms with Crippen molar-refractivity contribution < 1.29 is 19.1 Å². The number of ether oxygens (including phenoxy) is 2. The predicted molar refractivity (Wildman–Crippen MR) is 115 cm³/mol. The number of rotatable bonds is 4. The maximum absolute atomic E-state index is 12.9. The summed E-state index contributed by atoms with van der Waals surface area (Å²) >= 11 is 1.26. The highest BCUT2D eigenvalue weighted by Crippen LogP contribution is 2.37. The van der Waals surface area contributed by atoms with Crippen molar-refractivity contribution in [1.82, 2.24) is 15.1 Å². The van der Waals surface area contributed by atoms with E-state index in [1.165, 1.54) is 11.3 Å². The number of nitrogens with zero attached hydrogens (tertiary/aromatic N) is 3. The fourth-order valence-electron chi connectivity index (χ4n) is 3.61. The molecule has 0 aliphatic carbocycles. The molecule has 2 aliphatic heterocycles. The summed E-state index contributed by atoms with van der Waals surface area (Å²) in [6, 6.07) is 13.9. The number of urea groups is 1. The largest absolute Gasteiger partial charge is 0.454 e. The van der Waals surface area contributed by atoms with E-state index in [2.05, 4.69) is 20.8 Å². The summed E-state index contributed by atoms with van der Waals surface area (Å²) < 4.78 is 10.7. The fourth-order valence-corrected chi connectivity index (χ4v) is 4.35. The molecular formula is C21H19N5O4S. The number of benzene rings is 2. The maximum atomic E-state index is 12.9. The maximum Gasteiger partial charge on any atom is 0.322 e. The number of hydrogen-bond acceptors (Lipinski definition) is 7. The fraction of sp³-hybridized carbons (Fsp3) is 0.238. The summed E-state index contributed by atoms with van der Waals surface area (Å²) in [5, 5.41) is 14.9. The summed E-state index contributed by atoms with van der Waals surface area (Å²) in [4.78, 5) is 27.1. The number of fused-ring (bicyclic) bond motifs is 1. The molecule has 2 aliphatic rings. The molecule has 5 rings (SSSR count). The molecule has 10 heteroatoms. The third-order valence-electron chi connectivity index (χ3n) is 5.12. The lowest BCUT2D eigenvalue weighted by Gasteiger charge is -2.23. The van der Waals surface area contributed by atoms with E-state index in [0.717, 1.165) is 12.0 Å². The van der Waals surface area contributed by atoms with Crippen LogP contribution in [0.3, 0.4) is 0 Å². The van der Waals surface area contributed by atoms with Gasteiger partial charge in [0.15, 0.2) is 11.5 Å². The Bertz CT molecular complexity index is 1120. The normalized spacial score (nSPS) is 16.9. The van der Waals surface area contributed by atoms with Gasteiger partial charge in [0, 0.05) is 17.8 Å². The minimum atomic E-state index is -0.554. The Labute approximate surface area is 182 Å². The van der Waals surface area contributed by atoms with E-state index in [4.69, 9.17) is 9.47 Å². The lowest BCUT2D eigenvalue weighted by atomic mass is 10.2. The molecule has 1 atom stereocenters. The second kappa shape index (κ2) is 8.23. The van der Waals surface area contributed by atoms with Crippen LogP contribution in [-0.2, 0) is 4.79 Å². The van der Waals surface area contributed by atoms with E-state index in [0.29, 0.717) is 40.3 Å². The zero-order valence-corrected chi connectivity index (χ0v) is 17.2. The first-order valence-electron chi connectivity index (χ1n) is 9.84. The number of likely N-dealkylation sites (tertiary alicyclic amines) is 1. The molecule has 2 aromatic carbocycles. The Morgan fingerprint density at radius 1 is 1.03 bits per heavy atom. The molecule has 3 amide bonds. The van der Waals surface area contributed by atoms with Crippen molar-refractivity contribution in [2.45, 2.75) is 18.9 Å². The van der Waals surface area contributed by atoms with Crippen molar-refractivity contribution >= 4 is 34.1 Å². The standard InChI is InChI=1S/C21H19N5O4S/c27-18(15-7-4-10-26(15)21(28)22-14-5-2-1-3-6-14)23-20-25-24-19(31-20)13-8-9-16-17(11-13)30-12-29-16/h1-3,5-6,8-9,11,15H,4,7,10,12H2,(H,22,28)(H,23,25,27). The van der Waals surface area contributed by atoms with Gasteiger partial charge in [0.25, 0.3) is 0 Å².